The van der Waals surface area contributed by atoms with Crippen LogP contribution in [-0.4, -0.2) is 19.1 Å². The molecular formula is C6H11Cl2NO2. The summed E-state index contributed by atoms with van der Waals surface area (Å²) in [6, 6.07) is 0. The van der Waals surface area contributed by atoms with Crippen LogP contribution in [0.5, 0.6) is 0 Å². The molecule has 0 spiro atoms. The smallest absolute Gasteiger partial charge is 0.331 e. The first-order chi connectivity index (χ1) is 4.70. The number of ether oxygens (including phenoxy) is 1. The van der Waals surface area contributed by atoms with Gasteiger partial charge in [0.25, 0.3) is 0 Å². The van der Waals surface area contributed by atoms with Crippen molar-refractivity contribution >= 4 is 30.0 Å². The molecule has 0 bridgehead atoms. The van der Waals surface area contributed by atoms with Gasteiger partial charge in [0.15, 0.2) is 0 Å². The summed E-state index contributed by atoms with van der Waals surface area (Å²) in [6.45, 7) is 2.24. The summed E-state index contributed by atoms with van der Waals surface area (Å²) in [5, 5.41) is 0.304. The van der Waals surface area contributed by atoms with Crippen LogP contribution in [0.3, 0.4) is 0 Å². The second kappa shape index (κ2) is 7.85. The Morgan fingerprint density at radius 3 is 2.64 bits per heavy atom. The molecule has 0 aromatic rings. The fourth-order valence-corrected chi connectivity index (χ4v) is 0.460. The summed E-state index contributed by atoms with van der Waals surface area (Å²) < 4.78 is 4.56. The number of rotatable bonds is 3. The van der Waals surface area contributed by atoms with Crippen LogP contribution in [-0.2, 0) is 9.53 Å². The van der Waals surface area contributed by atoms with E-state index in [1.54, 1.807) is 6.92 Å². The van der Waals surface area contributed by atoms with Crippen LogP contribution in [0, 0.1) is 0 Å². The minimum atomic E-state index is -0.446. The van der Waals surface area contributed by atoms with Crippen molar-refractivity contribution in [3.05, 3.63) is 11.1 Å². The van der Waals surface area contributed by atoms with E-state index in [1.807, 2.05) is 0 Å². The normalized spacial score (nSPS) is 10.3. The maximum absolute atomic E-state index is 10.6. The van der Waals surface area contributed by atoms with Gasteiger partial charge in [-0.3, -0.25) is 0 Å². The quantitative estimate of drug-likeness (QED) is 0.547. The van der Waals surface area contributed by atoms with Gasteiger partial charge in [0, 0.05) is 17.7 Å². The third kappa shape index (κ3) is 7.65. The maximum atomic E-state index is 10.6. The zero-order valence-electron chi connectivity index (χ0n) is 6.17. The fraction of sp³-hybridized carbons (Fsp3) is 0.500. The van der Waals surface area contributed by atoms with Gasteiger partial charge in [-0.1, -0.05) is 11.6 Å². The highest BCUT2D eigenvalue weighted by Gasteiger charge is 1.96. The lowest BCUT2D eigenvalue weighted by molar-refractivity contribution is -0.137. The summed E-state index contributed by atoms with van der Waals surface area (Å²) in [5.41, 5.74) is 5.11. The van der Waals surface area contributed by atoms with Gasteiger partial charge < -0.3 is 10.5 Å². The van der Waals surface area contributed by atoms with E-state index in [9.17, 15) is 4.79 Å². The van der Waals surface area contributed by atoms with Gasteiger partial charge >= 0.3 is 5.97 Å². The Bertz CT molecular complexity index is 148. The molecule has 0 atom stereocenters. The van der Waals surface area contributed by atoms with Gasteiger partial charge in [-0.25, -0.2) is 4.79 Å². The average Bonchev–Trinajstić information content (AvgIpc) is 1.88. The lowest BCUT2D eigenvalue weighted by Gasteiger charge is -1.95. The molecule has 0 aliphatic carbocycles. The molecule has 0 saturated carbocycles. The van der Waals surface area contributed by atoms with E-state index in [0.717, 1.165) is 0 Å². The summed E-state index contributed by atoms with van der Waals surface area (Å²) in [5.74, 6) is -0.446. The van der Waals surface area contributed by atoms with Gasteiger partial charge in [0.2, 0.25) is 0 Å². The maximum Gasteiger partial charge on any atom is 0.331 e. The fourth-order valence-electron chi connectivity index (χ4n) is 0.371. The Balaban J connectivity index is 0. The number of carbonyl (C=O) groups is 1. The summed E-state index contributed by atoms with van der Waals surface area (Å²) in [7, 11) is 0. The van der Waals surface area contributed by atoms with Crippen molar-refractivity contribution in [2.45, 2.75) is 6.92 Å². The molecule has 11 heavy (non-hydrogen) atoms. The molecular weight excluding hydrogens is 189 g/mol. The molecule has 66 valence electrons. The Hall–Kier alpha value is -0.250. The van der Waals surface area contributed by atoms with Crippen molar-refractivity contribution < 1.29 is 9.53 Å². The molecule has 0 aliphatic rings. The SMILES string of the molecule is CCOC(=O)/C=C(\Cl)CN.Cl. The van der Waals surface area contributed by atoms with Crippen LogP contribution in [0.25, 0.3) is 0 Å². The number of hydrogen-bond donors (Lipinski definition) is 1. The monoisotopic (exact) mass is 199 g/mol. The molecule has 2 N–H and O–H groups in total. The molecule has 3 nitrogen and oxygen atoms in total. The van der Waals surface area contributed by atoms with E-state index in [4.69, 9.17) is 17.3 Å². The second-order valence-electron chi connectivity index (χ2n) is 1.55. The molecule has 0 aromatic heterocycles. The van der Waals surface area contributed by atoms with Gasteiger partial charge in [0.05, 0.1) is 6.61 Å². The first kappa shape index (κ1) is 13.3. The van der Waals surface area contributed by atoms with Crippen molar-refractivity contribution in [3.8, 4) is 0 Å². The molecule has 0 unspecified atom stereocenters. The highest BCUT2D eigenvalue weighted by molar-refractivity contribution is 6.31. The van der Waals surface area contributed by atoms with Gasteiger partial charge in [-0.2, -0.15) is 0 Å². The summed E-state index contributed by atoms with van der Waals surface area (Å²) in [6.07, 6.45) is 1.17. The van der Waals surface area contributed by atoms with Crippen LogP contribution < -0.4 is 5.73 Å². The first-order valence-corrected chi connectivity index (χ1v) is 3.31. The molecule has 0 amide bonds. The average molecular weight is 200 g/mol. The van der Waals surface area contributed by atoms with E-state index in [-0.39, 0.29) is 19.0 Å². The Morgan fingerprint density at radius 1 is 1.73 bits per heavy atom. The number of hydrogen-bond acceptors (Lipinski definition) is 3. The van der Waals surface area contributed by atoms with Gasteiger partial charge in [-0.05, 0) is 6.92 Å². The Kier molecular flexibility index (Phi) is 9.53. The molecule has 0 heterocycles. The predicted molar refractivity (Wildman–Crippen MR) is 46.9 cm³/mol. The molecule has 0 rings (SSSR count). The predicted octanol–water partition coefficient (Wildman–Crippen LogP) is 1.05. The second-order valence-corrected chi connectivity index (χ2v) is 2.03. The van der Waals surface area contributed by atoms with Crippen LogP contribution >= 0.6 is 24.0 Å². The molecule has 5 heteroatoms. The van der Waals surface area contributed by atoms with Crippen LogP contribution in [0.15, 0.2) is 11.1 Å². The highest BCUT2D eigenvalue weighted by Crippen LogP contribution is 1.97. The minimum Gasteiger partial charge on any atom is -0.463 e. The van der Waals surface area contributed by atoms with E-state index >= 15 is 0 Å². The zero-order valence-corrected chi connectivity index (χ0v) is 7.74. The van der Waals surface area contributed by atoms with E-state index in [0.29, 0.717) is 11.6 Å². The largest absolute Gasteiger partial charge is 0.463 e. The van der Waals surface area contributed by atoms with E-state index < -0.39 is 5.97 Å². The van der Waals surface area contributed by atoms with Crippen LogP contribution in [0.2, 0.25) is 0 Å². The van der Waals surface area contributed by atoms with Gasteiger partial charge in [-0.15, -0.1) is 12.4 Å². The zero-order chi connectivity index (χ0) is 7.98. The molecule has 0 fully saturated rings. The number of halogens is 2. The van der Waals surface area contributed by atoms with Crippen molar-refractivity contribution in [2.24, 2.45) is 5.73 Å². The Labute approximate surface area is 76.9 Å². The topological polar surface area (TPSA) is 52.3 Å². The number of carbonyl (C=O) groups excluding carboxylic acids is 1. The van der Waals surface area contributed by atoms with Crippen molar-refractivity contribution in [1.29, 1.82) is 0 Å². The molecule has 0 aromatic carbocycles. The minimum absolute atomic E-state index is 0. The van der Waals surface area contributed by atoms with Crippen molar-refractivity contribution in [3.63, 3.8) is 0 Å². The molecule has 0 saturated heterocycles. The lowest BCUT2D eigenvalue weighted by atomic mass is 10.5. The lowest BCUT2D eigenvalue weighted by Crippen LogP contribution is -2.04. The van der Waals surface area contributed by atoms with E-state index in [2.05, 4.69) is 4.74 Å². The highest BCUT2D eigenvalue weighted by atomic mass is 35.5. The van der Waals surface area contributed by atoms with Crippen molar-refractivity contribution in [2.75, 3.05) is 13.2 Å². The van der Waals surface area contributed by atoms with Gasteiger partial charge in [0.1, 0.15) is 0 Å². The third-order valence-corrected chi connectivity index (χ3v) is 1.02. The third-order valence-electron chi connectivity index (χ3n) is 0.756. The first-order valence-electron chi connectivity index (χ1n) is 2.93. The number of esters is 1. The standard InChI is InChI=1S/C6H10ClNO2.ClH/c1-2-10-6(9)3-5(7)4-8;/h3H,2,4,8H2,1H3;1H/b5-3-;. The van der Waals surface area contributed by atoms with E-state index in [1.165, 1.54) is 6.08 Å². The van der Waals surface area contributed by atoms with Crippen molar-refractivity contribution in [1.82, 2.24) is 0 Å². The van der Waals surface area contributed by atoms with Crippen LogP contribution in [0.1, 0.15) is 6.92 Å². The summed E-state index contributed by atoms with van der Waals surface area (Å²) in [4.78, 5) is 10.6. The molecule has 0 aliphatic heterocycles. The summed E-state index contributed by atoms with van der Waals surface area (Å²) >= 11 is 5.43. The molecule has 0 radical (unpaired) electrons. The van der Waals surface area contributed by atoms with Crippen LogP contribution in [0.4, 0.5) is 0 Å². The number of nitrogens with two attached hydrogens (primary N) is 1. The Morgan fingerprint density at radius 2 is 2.27 bits per heavy atom.